The van der Waals surface area contributed by atoms with Crippen LogP contribution in [0.2, 0.25) is 5.02 Å². The van der Waals surface area contributed by atoms with Crippen LogP contribution in [0.3, 0.4) is 0 Å². The molecule has 1 aromatic rings. The largest absolute Gasteiger partial charge is 0.276 e. The van der Waals surface area contributed by atoms with Crippen molar-refractivity contribution >= 4 is 28.4 Å². The van der Waals surface area contributed by atoms with Gasteiger partial charge in [-0.2, -0.15) is 0 Å². The van der Waals surface area contributed by atoms with E-state index in [1.807, 2.05) is 0 Å². The van der Waals surface area contributed by atoms with E-state index in [0.29, 0.717) is 10.6 Å². The van der Waals surface area contributed by atoms with Crippen LogP contribution in [0.5, 0.6) is 0 Å². The minimum absolute atomic E-state index is 0.109. The molecule has 0 bridgehead atoms. The van der Waals surface area contributed by atoms with Crippen LogP contribution in [0.1, 0.15) is 11.7 Å². The zero-order valence-electron chi connectivity index (χ0n) is 5.90. The van der Waals surface area contributed by atoms with Crippen LogP contribution >= 0.6 is 23.2 Å². The van der Waals surface area contributed by atoms with Crippen LogP contribution < -0.4 is 0 Å². The summed E-state index contributed by atoms with van der Waals surface area (Å²) in [5, 5.41) is -0.262. The third kappa shape index (κ3) is 1.72. The number of carbonyl (C=O) groups is 1. The van der Waals surface area contributed by atoms with Crippen molar-refractivity contribution in [3.63, 3.8) is 0 Å². The lowest BCUT2D eigenvalue weighted by Crippen LogP contribution is -1.85. The summed E-state index contributed by atoms with van der Waals surface area (Å²) in [4.78, 5) is 10.5. The van der Waals surface area contributed by atoms with E-state index in [1.165, 1.54) is 18.2 Å². The Bertz CT molecular complexity index is 298. The number of hydrogen-bond acceptors (Lipinski definition) is 1. The van der Waals surface area contributed by atoms with Gasteiger partial charge in [-0.1, -0.05) is 11.6 Å². The second-order valence-electron chi connectivity index (χ2n) is 1.70. The van der Waals surface area contributed by atoms with Gasteiger partial charge in [0.25, 0.3) is 5.24 Å². The van der Waals surface area contributed by atoms with Crippen LogP contribution in [0.4, 0.5) is 0 Å². The zero-order valence-corrected chi connectivity index (χ0v) is 6.41. The van der Waals surface area contributed by atoms with Gasteiger partial charge in [-0.05, 0) is 35.8 Å². The predicted molar refractivity (Wildman–Crippen MR) is 41.6 cm³/mol. The van der Waals surface area contributed by atoms with Gasteiger partial charge in [0, 0.05) is 10.6 Å². The average molecular weight is 176 g/mol. The third-order valence-corrected chi connectivity index (χ3v) is 1.46. The van der Waals surface area contributed by atoms with Crippen LogP contribution in [0, 0.1) is 0 Å². The van der Waals surface area contributed by atoms with Crippen molar-refractivity contribution in [1.29, 1.82) is 0 Å². The topological polar surface area (TPSA) is 17.1 Å². The molecular formula is C7H4Cl2O. The number of hydrogen-bond donors (Lipinski definition) is 0. The Kier molecular flexibility index (Phi) is 1.88. The van der Waals surface area contributed by atoms with Crippen molar-refractivity contribution in [2.24, 2.45) is 0 Å². The highest BCUT2D eigenvalue weighted by atomic mass is 35.5. The summed E-state index contributed by atoms with van der Waals surface area (Å²) >= 11 is 10.7. The van der Waals surface area contributed by atoms with Gasteiger partial charge in [0.15, 0.2) is 0 Å². The third-order valence-electron chi connectivity index (χ3n) is 1.00. The van der Waals surface area contributed by atoms with E-state index in [4.69, 9.17) is 24.6 Å². The molecule has 0 saturated carbocycles. The molecule has 0 N–H and O–H groups in total. The summed E-state index contributed by atoms with van der Waals surface area (Å²) in [6, 6.07) is 4.39. The van der Waals surface area contributed by atoms with E-state index < -0.39 is 5.24 Å². The van der Waals surface area contributed by atoms with Gasteiger partial charge < -0.3 is 0 Å². The summed E-state index contributed by atoms with van der Waals surface area (Å²) in [7, 11) is 0. The van der Waals surface area contributed by atoms with E-state index in [-0.39, 0.29) is 6.04 Å². The second kappa shape index (κ2) is 3.04. The maximum atomic E-state index is 10.5. The number of rotatable bonds is 1. The molecule has 1 nitrogen and oxygen atoms in total. The highest BCUT2D eigenvalue weighted by molar-refractivity contribution is 6.67. The number of halogens is 2. The molecule has 3 heteroatoms. The summed E-state index contributed by atoms with van der Waals surface area (Å²) in [5.74, 6) is 0. The van der Waals surface area contributed by atoms with Gasteiger partial charge in [0.05, 0.1) is 1.37 Å². The fraction of sp³-hybridized carbons (Fsp3) is 0. The van der Waals surface area contributed by atoms with Crippen molar-refractivity contribution in [1.82, 2.24) is 0 Å². The highest BCUT2D eigenvalue weighted by Crippen LogP contribution is 2.10. The Hall–Kier alpha value is -0.530. The Balaban J connectivity index is 3.15. The molecule has 0 aliphatic carbocycles. The van der Waals surface area contributed by atoms with E-state index >= 15 is 0 Å². The van der Waals surface area contributed by atoms with Crippen LogP contribution in [-0.4, -0.2) is 5.24 Å². The van der Waals surface area contributed by atoms with Crippen LogP contribution in [0.25, 0.3) is 0 Å². The highest BCUT2D eigenvalue weighted by Gasteiger charge is 1.98. The first-order valence-corrected chi connectivity index (χ1v) is 3.33. The second-order valence-corrected chi connectivity index (χ2v) is 2.45. The maximum absolute atomic E-state index is 10.5. The summed E-state index contributed by atoms with van der Waals surface area (Å²) in [6.07, 6.45) is 0. The predicted octanol–water partition coefficient (Wildman–Crippen LogP) is 2.72. The van der Waals surface area contributed by atoms with Gasteiger partial charge in [-0.15, -0.1) is 0 Å². The van der Waals surface area contributed by atoms with Crippen LogP contribution in [0.15, 0.2) is 24.2 Å². The summed E-state index contributed by atoms with van der Waals surface area (Å²) in [5.41, 5.74) is 0.293. The Morgan fingerprint density at radius 2 is 2.20 bits per heavy atom. The lowest BCUT2D eigenvalue weighted by Gasteiger charge is -1.91. The Morgan fingerprint density at radius 1 is 1.50 bits per heavy atom. The van der Waals surface area contributed by atoms with Gasteiger partial charge in [0.2, 0.25) is 0 Å². The first-order chi connectivity index (χ1) is 5.11. The molecular weight excluding hydrogens is 171 g/mol. The fourth-order valence-electron chi connectivity index (χ4n) is 0.528. The van der Waals surface area contributed by atoms with Crippen molar-refractivity contribution < 1.29 is 6.17 Å². The van der Waals surface area contributed by atoms with Gasteiger partial charge in [-0.25, -0.2) is 0 Å². The maximum Gasteiger partial charge on any atom is 0.252 e. The van der Waals surface area contributed by atoms with E-state index in [1.54, 1.807) is 0 Å². The molecule has 0 radical (unpaired) electrons. The first kappa shape index (κ1) is 6.20. The zero-order chi connectivity index (χ0) is 8.43. The molecule has 0 aliphatic heterocycles. The normalized spacial score (nSPS) is 10.8. The van der Waals surface area contributed by atoms with Crippen molar-refractivity contribution in [3.8, 4) is 0 Å². The lowest BCUT2D eigenvalue weighted by atomic mass is 10.2. The molecule has 10 heavy (non-hydrogen) atoms. The standard InChI is InChI=1S/C7H4Cl2O/c8-6-3-1-5(2-4-6)7(9)10/h1-4H/i3D. The quantitative estimate of drug-likeness (QED) is 0.601. The molecule has 1 rings (SSSR count). The van der Waals surface area contributed by atoms with Gasteiger partial charge in [0.1, 0.15) is 0 Å². The summed E-state index contributed by atoms with van der Waals surface area (Å²) in [6.45, 7) is 0. The first-order valence-electron chi connectivity index (χ1n) is 3.07. The molecule has 0 aliphatic rings. The molecule has 0 atom stereocenters. The Morgan fingerprint density at radius 3 is 2.70 bits per heavy atom. The number of carbonyl (C=O) groups excluding carboxylic acids is 1. The fourth-order valence-corrected chi connectivity index (χ4v) is 0.763. The minimum Gasteiger partial charge on any atom is -0.276 e. The Labute approximate surface area is 70.0 Å². The average Bonchev–Trinajstić information content (AvgIpc) is 1.94. The molecule has 0 unspecified atom stereocenters. The summed E-state index contributed by atoms with van der Waals surface area (Å²) < 4.78 is 7.21. The van der Waals surface area contributed by atoms with Crippen molar-refractivity contribution in [3.05, 3.63) is 34.8 Å². The lowest BCUT2D eigenvalue weighted by molar-refractivity contribution is 0.108. The van der Waals surface area contributed by atoms with Gasteiger partial charge in [-0.3, -0.25) is 4.79 Å². The molecule has 0 fully saturated rings. The van der Waals surface area contributed by atoms with Gasteiger partial charge >= 0.3 is 0 Å². The molecule has 0 heterocycles. The van der Waals surface area contributed by atoms with Crippen LogP contribution in [-0.2, 0) is 0 Å². The minimum atomic E-state index is -0.574. The van der Waals surface area contributed by atoms with E-state index in [2.05, 4.69) is 0 Å². The smallest absolute Gasteiger partial charge is 0.252 e. The molecule has 52 valence electrons. The molecule has 0 saturated heterocycles. The van der Waals surface area contributed by atoms with Crippen molar-refractivity contribution in [2.45, 2.75) is 0 Å². The SMILES string of the molecule is [2H]c1cc(C(=O)Cl)ccc1Cl. The monoisotopic (exact) mass is 175 g/mol. The molecule has 0 aromatic heterocycles. The molecule has 0 spiro atoms. The number of benzene rings is 1. The molecule has 1 aromatic carbocycles. The van der Waals surface area contributed by atoms with Crippen molar-refractivity contribution in [2.75, 3.05) is 0 Å². The van der Waals surface area contributed by atoms with E-state index in [9.17, 15) is 4.79 Å². The molecule has 0 amide bonds. The van der Waals surface area contributed by atoms with E-state index in [0.717, 1.165) is 0 Å².